The van der Waals surface area contributed by atoms with E-state index in [1.807, 2.05) is 0 Å². The number of carbonyl (C=O) groups excluding carboxylic acids is 1. The van der Waals surface area contributed by atoms with Crippen LogP contribution in [-0.4, -0.2) is 25.8 Å². The largest absolute Gasteiger partial charge is 0.378 e. The standard InChI is InChI=1S/C17H17F2N3O2/c1-11-3-4-12(7-15(11)18)14-6-5-13(8-16(14)21-19)17(9-24-2)22-20-10-23/h3-8,10,21H,9H2,1-2H3,(H,20,23)/b22-17+. The third-order valence-electron chi connectivity index (χ3n) is 3.47. The maximum absolute atomic E-state index is 13.8. The van der Waals surface area contributed by atoms with Crippen molar-refractivity contribution in [2.24, 2.45) is 5.10 Å². The van der Waals surface area contributed by atoms with Crippen molar-refractivity contribution in [3.8, 4) is 11.1 Å². The molecule has 24 heavy (non-hydrogen) atoms. The van der Waals surface area contributed by atoms with Crippen LogP contribution in [0.1, 0.15) is 11.1 Å². The second kappa shape index (κ2) is 8.16. The van der Waals surface area contributed by atoms with E-state index in [0.717, 1.165) is 0 Å². The van der Waals surface area contributed by atoms with Gasteiger partial charge in [0.2, 0.25) is 6.41 Å². The molecule has 2 rings (SSSR count). The normalized spacial score (nSPS) is 11.2. The third-order valence-corrected chi connectivity index (χ3v) is 3.47. The molecule has 0 saturated heterocycles. The van der Waals surface area contributed by atoms with Crippen LogP contribution in [-0.2, 0) is 9.53 Å². The number of amides is 1. The number of benzene rings is 2. The van der Waals surface area contributed by atoms with Crippen molar-refractivity contribution in [2.75, 3.05) is 19.3 Å². The molecule has 0 atom stereocenters. The molecule has 0 aliphatic rings. The van der Waals surface area contributed by atoms with Gasteiger partial charge in [0.05, 0.1) is 18.0 Å². The van der Waals surface area contributed by atoms with Gasteiger partial charge in [-0.15, -0.1) is 4.48 Å². The minimum Gasteiger partial charge on any atom is -0.378 e. The number of anilines is 1. The zero-order chi connectivity index (χ0) is 17.5. The zero-order valence-corrected chi connectivity index (χ0v) is 13.3. The summed E-state index contributed by atoms with van der Waals surface area (Å²) in [7, 11) is 1.48. The lowest BCUT2D eigenvalue weighted by Gasteiger charge is -2.12. The van der Waals surface area contributed by atoms with Crippen molar-refractivity contribution in [3.05, 3.63) is 53.3 Å². The molecule has 0 aliphatic carbocycles. The molecule has 1 amide bonds. The van der Waals surface area contributed by atoms with Crippen LogP contribution < -0.4 is 11.0 Å². The quantitative estimate of drug-likeness (QED) is 0.354. The number of methoxy groups -OCH3 is 1. The molecule has 0 spiro atoms. The van der Waals surface area contributed by atoms with Crippen molar-refractivity contribution < 1.29 is 18.4 Å². The zero-order valence-electron chi connectivity index (χ0n) is 13.3. The van der Waals surface area contributed by atoms with Crippen LogP contribution in [0.25, 0.3) is 11.1 Å². The van der Waals surface area contributed by atoms with Crippen LogP contribution in [0.15, 0.2) is 41.5 Å². The molecule has 0 heterocycles. The Balaban J connectivity index is 2.46. The summed E-state index contributed by atoms with van der Waals surface area (Å²) in [6, 6.07) is 9.55. The van der Waals surface area contributed by atoms with Gasteiger partial charge in [0.25, 0.3) is 0 Å². The van der Waals surface area contributed by atoms with Gasteiger partial charge in [-0.2, -0.15) is 5.10 Å². The van der Waals surface area contributed by atoms with Crippen LogP contribution in [0.5, 0.6) is 0 Å². The molecular formula is C17H17F2N3O2. The smallest absolute Gasteiger partial charge is 0.227 e. The summed E-state index contributed by atoms with van der Waals surface area (Å²) in [5, 5.41) is 3.87. The predicted octanol–water partition coefficient (Wildman–Crippen LogP) is 3.19. The van der Waals surface area contributed by atoms with E-state index in [2.05, 4.69) is 10.5 Å². The molecule has 0 aromatic heterocycles. The van der Waals surface area contributed by atoms with E-state index in [0.29, 0.717) is 34.4 Å². The summed E-state index contributed by atoms with van der Waals surface area (Å²) in [6.45, 7) is 1.79. The average Bonchev–Trinajstić information content (AvgIpc) is 2.60. The maximum Gasteiger partial charge on any atom is 0.227 e. The first-order valence-electron chi connectivity index (χ1n) is 7.13. The number of hydrogen-bond donors (Lipinski definition) is 2. The molecule has 0 fully saturated rings. The van der Waals surface area contributed by atoms with Gasteiger partial charge in [0, 0.05) is 18.2 Å². The minimum atomic E-state index is -0.363. The lowest BCUT2D eigenvalue weighted by atomic mass is 9.99. The van der Waals surface area contributed by atoms with Gasteiger partial charge in [0.1, 0.15) is 5.82 Å². The number of nitrogens with one attached hydrogen (secondary N) is 2. The summed E-state index contributed by atoms with van der Waals surface area (Å²) < 4.78 is 32.0. The monoisotopic (exact) mass is 333 g/mol. The Labute approximate surface area is 138 Å². The lowest BCUT2D eigenvalue weighted by molar-refractivity contribution is -0.109. The molecule has 0 radical (unpaired) electrons. The molecule has 0 bridgehead atoms. The van der Waals surface area contributed by atoms with Crippen molar-refractivity contribution in [3.63, 3.8) is 0 Å². The molecular weight excluding hydrogens is 316 g/mol. The molecule has 2 N–H and O–H groups in total. The van der Waals surface area contributed by atoms with E-state index in [1.165, 1.54) is 19.2 Å². The van der Waals surface area contributed by atoms with Gasteiger partial charge in [-0.05, 0) is 30.2 Å². The Morgan fingerprint density at radius 1 is 1.29 bits per heavy atom. The molecule has 7 heteroatoms. The highest BCUT2D eigenvalue weighted by Crippen LogP contribution is 2.30. The Morgan fingerprint density at radius 2 is 2.08 bits per heavy atom. The van der Waals surface area contributed by atoms with Gasteiger partial charge in [-0.3, -0.25) is 4.79 Å². The van der Waals surface area contributed by atoms with E-state index >= 15 is 0 Å². The number of aryl methyl sites for hydroxylation is 1. The molecule has 2 aromatic carbocycles. The Bertz CT molecular complexity index is 763. The summed E-state index contributed by atoms with van der Waals surface area (Å²) in [5.41, 5.74) is 6.50. The number of nitrogens with zero attached hydrogens (tertiary/aromatic N) is 1. The fourth-order valence-electron chi connectivity index (χ4n) is 2.24. The van der Waals surface area contributed by atoms with E-state index < -0.39 is 0 Å². The van der Waals surface area contributed by atoms with Crippen LogP contribution in [0.3, 0.4) is 0 Å². The van der Waals surface area contributed by atoms with Crippen molar-refractivity contribution in [1.82, 2.24) is 5.43 Å². The fraction of sp³-hybridized carbons (Fsp3) is 0.176. The first-order valence-corrected chi connectivity index (χ1v) is 7.13. The first-order chi connectivity index (χ1) is 11.6. The lowest BCUT2D eigenvalue weighted by Crippen LogP contribution is -2.15. The molecule has 0 aliphatic heterocycles. The molecule has 5 nitrogen and oxygen atoms in total. The van der Waals surface area contributed by atoms with Crippen molar-refractivity contribution >= 4 is 17.8 Å². The Hall–Kier alpha value is -2.80. The highest BCUT2D eigenvalue weighted by atomic mass is 19.2. The van der Waals surface area contributed by atoms with Crippen LogP contribution in [0.2, 0.25) is 0 Å². The molecule has 0 unspecified atom stereocenters. The summed E-state index contributed by atoms with van der Waals surface area (Å²) in [4.78, 5) is 10.4. The Morgan fingerprint density at radius 3 is 2.71 bits per heavy atom. The van der Waals surface area contributed by atoms with Crippen molar-refractivity contribution in [2.45, 2.75) is 6.92 Å². The highest BCUT2D eigenvalue weighted by molar-refractivity contribution is 6.03. The van der Waals surface area contributed by atoms with Crippen LogP contribution in [0.4, 0.5) is 14.6 Å². The van der Waals surface area contributed by atoms with E-state index in [1.54, 1.807) is 36.7 Å². The third kappa shape index (κ3) is 3.94. The van der Waals surface area contributed by atoms with E-state index in [9.17, 15) is 13.7 Å². The van der Waals surface area contributed by atoms with Gasteiger partial charge >= 0.3 is 0 Å². The Kier molecular flexibility index (Phi) is 5.97. The topological polar surface area (TPSA) is 62.7 Å². The number of ether oxygens (including phenoxy) is 1. The number of hydrazone groups is 1. The number of carbonyl (C=O) groups is 1. The van der Waals surface area contributed by atoms with Gasteiger partial charge in [0.15, 0.2) is 0 Å². The molecule has 2 aromatic rings. The van der Waals surface area contributed by atoms with Gasteiger partial charge in [-0.25, -0.2) is 15.4 Å². The maximum atomic E-state index is 13.8. The fourth-order valence-corrected chi connectivity index (χ4v) is 2.24. The first kappa shape index (κ1) is 17.6. The number of halogens is 2. The van der Waals surface area contributed by atoms with E-state index in [-0.39, 0.29) is 18.1 Å². The molecule has 0 saturated carbocycles. The predicted molar refractivity (Wildman–Crippen MR) is 88.9 cm³/mol. The summed E-state index contributed by atoms with van der Waals surface area (Å²) in [6.07, 6.45) is 0.424. The van der Waals surface area contributed by atoms with Gasteiger partial charge in [-0.1, -0.05) is 24.3 Å². The minimum absolute atomic E-state index is 0.130. The second-order valence-corrected chi connectivity index (χ2v) is 5.06. The number of rotatable bonds is 7. The average molecular weight is 333 g/mol. The van der Waals surface area contributed by atoms with Crippen LogP contribution in [0, 0.1) is 12.7 Å². The SMILES string of the molecule is COC/C(=N\NC=O)c1ccc(-c2ccc(C)c(F)c2)c(NF)c1. The van der Waals surface area contributed by atoms with Gasteiger partial charge < -0.3 is 4.74 Å². The highest BCUT2D eigenvalue weighted by Gasteiger charge is 2.11. The van der Waals surface area contributed by atoms with E-state index in [4.69, 9.17) is 4.74 Å². The van der Waals surface area contributed by atoms with Crippen LogP contribution >= 0.6 is 0 Å². The molecule has 126 valence electrons. The number of hydrogen-bond acceptors (Lipinski definition) is 4. The van der Waals surface area contributed by atoms with Crippen molar-refractivity contribution in [1.29, 1.82) is 0 Å². The summed E-state index contributed by atoms with van der Waals surface area (Å²) in [5.74, 6) is -0.363. The second-order valence-electron chi connectivity index (χ2n) is 5.06. The summed E-state index contributed by atoms with van der Waals surface area (Å²) >= 11 is 0.